The highest BCUT2D eigenvalue weighted by atomic mass is 35.5. The third kappa shape index (κ3) is 4.55. The summed E-state index contributed by atoms with van der Waals surface area (Å²) in [4.78, 5) is 2.25. The Bertz CT molecular complexity index is 733. The fraction of sp³-hybridized carbons (Fsp3) is 0.474. The van der Waals surface area contributed by atoms with E-state index in [9.17, 15) is 4.39 Å². The van der Waals surface area contributed by atoms with Gasteiger partial charge in [-0.15, -0.1) is 10.2 Å². The van der Waals surface area contributed by atoms with Crippen molar-refractivity contribution in [2.45, 2.75) is 24.9 Å². The number of piperidine rings is 1. The van der Waals surface area contributed by atoms with Gasteiger partial charge in [0.15, 0.2) is 11.0 Å². The van der Waals surface area contributed by atoms with Crippen LogP contribution in [0.15, 0.2) is 36.4 Å². The van der Waals surface area contributed by atoms with Gasteiger partial charge in [0.05, 0.1) is 6.04 Å². The maximum Gasteiger partial charge on any atom is 0.151 e. The van der Waals surface area contributed by atoms with Crippen molar-refractivity contribution in [1.82, 2.24) is 26.4 Å². The molecule has 0 amide bonds. The van der Waals surface area contributed by atoms with Crippen LogP contribution in [0.5, 0.6) is 0 Å². The minimum Gasteiger partial charge on any atom is -0.355 e. The predicted molar refractivity (Wildman–Crippen MR) is 104 cm³/mol. The average molecular weight is 391 g/mol. The van der Waals surface area contributed by atoms with Gasteiger partial charge in [-0.3, -0.25) is 5.43 Å². The third-order valence-corrected chi connectivity index (χ3v) is 5.63. The Balaban J connectivity index is 1.27. The monoisotopic (exact) mass is 390 g/mol. The second-order valence-electron chi connectivity index (χ2n) is 7.20. The van der Waals surface area contributed by atoms with Crippen LogP contribution < -0.4 is 21.1 Å². The molecule has 144 valence electrons. The first-order valence-electron chi connectivity index (χ1n) is 9.40. The van der Waals surface area contributed by atoms with Crippen LogP contribution in [0.2, 0.25) is 5.15 Å². The van der Waals surface area contributed by atoms with E-state index in [2.05, 4.69) is 31.3 Å². The molecule has 2 aliphatic rings. The number of hydrazine groups is 1. The smallest absolute Gasteiger partial charge is 0.151 e. The summed E-state index contributed by atoms with van der Waals surface area (Å²) in [6.45, 7) is 3.73. The first-order chi connectivity index (χ1) is 13.2. The van der Waals surface area contributed by atoms with Crippen LogP contribution in [0.25, 0.3) is 0 Å². The van der Waals surface area contributed by atoms with E-state index in [-0.39, 0.29) is 11.9 Å². The molecular formula is C19H24ClFN6. The van der Waals surface area contributed by atoms with Crippen LogP contribution >= 0.6 is 11.6 Å². The highest BCUT2D eigenvalue weighted by Gasteiger charge is 2.29. The lowest BCUT2D eigenvalue weighted by Gasteiger charge is -2.33. The summed E-state index contributed by atoms with van der Waals surface area (Å²) in [5.41, 5.74) is 7.67. The Morgan fingerprint density at radius 2 is 1.89 bits per heavy atom. The molecule has 0 saturated carbocycles. The van der Waals surface area contributed by atoms with E-state index in [1.54, 1.807) is 6.07 Å². The van der Waals surface area contributed by atoms with Crippen molar-refractivity contribution in [3.05, 3.63) is 52.9 Å². The highest BCUT2D eigenvalue weighted by molar-refractivity contribution is 6.29. The van der Waals surface area contributed by atoms with E-state index in [4.69, 9.17) is 11.6 Å². The van der Waals surface area contributed by atoms with Crippen LogP contribution in [0.1, 0.15) is 24.4 Å². The number of benzene rings is 1. The van der Waals surface area contributed by atoms with E-state index in [0.717, 1.165) is 50.4 Å². The molecule has 2 unspecified atom stereocenters. The van der Waals surface area contributed by atoms with Gasteiger partial charge in [0.1, 0.15) is 5.82 Å². The Kier molecular flexibility index (Phi) is 5.83. The highest BCUT2D eigenvalue weighted by Crippen LogP contribution is 2.25. The van der Waals surface area contributed by atoms with Crippen molar-refractivity contribution in [2.75, 3.05) is 31.1 Å². The number of nitrogens with zero attached hydrogens (tertiary/aromatic N) is 3. The molecule has 2 atom stereocenters. The van der Waals surface area contributed by atoms with E-state index in [1.807, 2.05) is 18.2 Å². The number of hydrogen-bond acceptors (Lipinski definition) is 6. The Morgan fingerprint density at radius 1 is 1.11 bits per heavy atom. The van der Waals surface area contributed by atoms with Gasteiger partial charge in [0, 0.05) is 38.1 Å². The van der Waals surface area contributed by atoms with Crippen molar-refractivity contribution >= 4 is 17.4 Å². The van der Waals surface area contributed by atoms with Crippen molar-refractivity contribution in [3.63, 3.8) is 0 Å². The molecule has 3 heterocycles. The lowest BCUT2D eigenvalue weighted by Crippen LogP contribution is -2.44. The average Bonchev–Trinajstić information content (AvgIpc) is 3.17. The molecule has 8 heteroatoms. The summed E-state index contributed by atoms with van der Waals surface area (Å²) in [6, 6.07) is 11.2. The summed E-state index contributed by atoms with van der Waals surface area (Å²) in [7, 11) is 0. The number of hydrogen-bond donors (Lipinski definition) is 3. The molecule has 1 aromatic heterocycles. The first kappa shape index (κ1) is 18.6. The SMILES string of the molecule is Fc1ccc(C2NNCC2CNC2CCN(c3ccc(Cl)nn3)CC2)cc1. The van der Waals surface area contributed by atoms with Crippen LogP contribution in [0, 0.1) is 11.7 Å². The normalized spacial score (nSPS) is 23.7. The lowest BCUT2D eigenvalue weighted by atomic mass is 9.94. The molecule has 3 N–H and O–H groups in total. The molecule has 0 spiro atoms. The number of rotatable bonds is 5. The van der Waals surface area contributed by atoms with Gasteiger partial charge in [0.2, 0.25) is 0 Å². The van der Waals surface area contributed by atoms with Crippen LogP contribution in [-0.4, -0.2) is 42.4 Å². The predicted octanol–water partition coefficient (Wildman–Crippen LogP) is 2.29. The number of halogens is 2. The van der Waals surface area contributed by atoms with E-state index < -0.39 is 0 Å². The topological polar surface area (TPSA) is 65.1 Å². The summed E-state index contributed by atoms with van der Waals surface area (Å²) in [5, 5.41) is 12.2. The van der Waals surface area contributed by atoms with Crippen molar-refractivity contribution in [3.8, 4) is 0 Å². The molecule has 0 bridgehead atoms. The quantitative estimate of drug-likeness (QED) is 0.728. The van der Waals surface area contributed by atoms with Gasteiger partial charge in [-0.2, -0.15) is 0 Å². The molecule has 0 aliphatic carbocycles. The largest absolute Gasteiger partial charge is 0.355 e. The molecule has 2 aliphatic heterocycles. The first-order valence-corrected chi connectivity index (χ1v) is 9.78. The molecule has 2 saturated heterocycles. The third-order valence-electron chi connectivity index (χ3n) is 5.43. The molecule has 4 rings (SSSR count). The number of aromatic nitrogens is 2. The summed E-state index contributed by atoms with van der Waals surface area (Å²) in [5.74, 6) is 1.12. The molecular weight excluding hydrogens is 367 g/mol. The standard InChI is InChI=1S/C19H24ClFN6/c20-17-5-6-18(25-24-17)27-9-7-16(8-10-27)22-11-14-12-23-26-19(14)13-1-3-15(21)4-2-13/h1-6,14,16,19,22-23,26H,7-12H2. The van der Waals surface area contributed by atoms with Crippen LogP contribution in [0.4, 0.5) is 10.2 Å². The zero-order chi connectivity index (χ0) is 18.6. The maximum atomic E-state index is 13.2. The van der Waals surface area contributed by atoms with E-state index in [1.165, 1.54) is 12.1 Å². The van der Waals surface area contributed by atoms with Crippen molar-refractivity contribution in [1.29, 1.82) is 0 Å². The summed E-state index contributed by atoms with van der Waals surface area (Å²) in [6.07, 6.45) is 2.14. The van der Waals surface area contributed by atoms with E-state index >= 15 is 0 Å². The summed E-state index contributed by atoms with van der Waals surface area (Å²) < 4.78 is 13.2. The zero-order valence-corrected chi connectivity index (χ0v) is 15.8. The summed E-state index contributed by atoms with van der Waals surface area (Å²) >= 11 is 5.81. The van der Waals surface area contributed by atoms with Gasteiger partial charge in [-0.25, -0.2) is 9.82 Å². The van der Waals surface area contributed by atoms with Crippen molar-refractivity contribution < 1.29 is 4.39 Å². The fourth-order valence-corrected chi connectivity index (χ4v) is 3.96. The fourth-order valence-electron chi connectivity index (χ4n) is 3.86. The van der Waals surface area contributed by atoms with Crippen LogP contribution in [-0.2, 0) is 0 Å². The Hall–Kier alpha value is -1.80. The number of nitrogens with one attached hydrogen (secondary N) is 3. The molecule has 1 aromatic carbocycles. The van der Waals surface area contributed by atoms with Gasteiger partial charge in [-0.1, -0.05) is 23.7 Å². The second kappa shape index (κ2) is 8.48. The second-order valence-corrected chi connectivity index (χ2v) is 7.59. The van der Waals surface area contributed by atoms with Gasteiger partial charge in [-0.05, 0) is 42.7 Å². The lowest BCUT2D eigenvalue weighted by molar-refractivity contribution is 0.364. The minimum atomic E-state index is -0.198. The Morgan fingerprint density at radius 3 is 2.59 bits per heavy atom. The molecule has 6 nitrogen and oxygen atoms in total. The molecule has 0 radical (unpaired) electrons. The molecule has 2 aromatic rings. The zero-order valence-electron chi connectivity index (χ0n) is 15.0. The molecule has 2 fully saturated rings. The van der Waals surface area contributed by atoms with Crippen LogP contribution in [0.3, 0.4) is 0 Å². The van der Waals surface area contributed by atoms with E-state index in [0.29, 0.717) is 17.1 Å². The number of anilines is 1. The Labute approximate surface area is 163 Å². The van der Waals surface area contributed by atoms with Gasteiger partial charge >= 0.3 is 0 Å². The van der Waals surface area contributed by atoms with Gasteiger partial charge in [0.25, 0.3) is 0 Å². The maximum absolute atomic E-state index is 13.2. The minimum absolute atomic E-state index is 0.197. The van der Waals surface area contributed by atoms with Gasteiger partial charge < -0.3 is 10.2 Å². The van der Waals surface area contributed by atoms with Crippen molar-refractivity contribution in [2.24, 2.45) is 5.92 Å². The molecule has 27 heavy (non-hydrogen) atoms.